The van der Waals surface area contributed by atoms with Crippen molar-refractivity contribution in [3.05, 3.63) is 0 Å². The molecule has 6 heteroatoms. The largest absolute Gasteiger partial charge is 0.415 e. The molecule has 1 heterocycles. The molecule has 2 aliphatic rings. The van der Waals surface area contributed by atoms with Crippen molar-refractivity contribution in [2.24, 2.45) is 0 Å². The van der Waals surface area contributed by atoms with E-state index in [1.807, 2.05) is 0 Å². The van der Waals surface area contributed by atoms with E-state index in [1.165, 1.54) is 19.3 Å². The second-order valence-corrected chi connectivity index (χ2v) is 5.74. The molecule has 2 atom stereocenters. The Bertz CT molecular complexity index is 290. The van der Waals surface area contributed by atoms with E-state index in [2.05, 4.69) is 5.32 Å². The normalized spacial score (nSPS) is 28.7. The molecule has 0 amide bonds. The van der Waals surface area contributed by atoms with Crippen LogP contribution in [-0.4, -0.2) is 42.2 Å². The molecule has 1 saturated heterocycles. The molecule has 0 radical (unpaired) electrons. The predicted octanol–water partition coefficient (Wildman–Crippen LogP) is 2.38. The second kappa shape index (κ2) is 5.97. The summed E-state index contributed by atoms with van der Waals surface area (Å²) < 4.78 is 42.4. The molecule has 1 spiro atoms. The first-order chi connectivity index (χ1) is 8.91. The van der Waals surface area contributed by atoms with E-state index >= 15 is 0 Å². The van der Waals surface area contributed by atoms with Crippen LogP contribution >= 0.6 is 0 Å². The highest BCUT2D eigenvalue weighted by atomic mass is 19.4. The molecule has 1 saturated carbocycles. The maximum atomic E-state index is 12.1. The standard InChI is InChI=1S/C13H22F3NO2/c14-13(15,16)11(18)9-17-8-10-4-7-12(19-10)5-2-1-3-6-12/h10-11,17-18H,1-9H2. The Morgan fingerprint density at radius 2 is 1.89 bits per heavy atom. The van der Waals surface area contributed by atoms with Crippen molar-refractivity contribution in [1.82, 2.24) is 5.32 Å². The van der Waals surface area contributed by atoms with Crippen LogP contribution in [0.1, 0.15) is 44.9 Å². The van der Waals surface area contributed by atoms with Gasteiger partial charge in [-0.3, -0.25) is 0 Å². The molecule has 0 bridgehead atoms. The first kappa shape index (κ1) is 15.1. The molecule has 1 aliphatic heterocycles. The number of nitrogens with one attached hydrogen (secondary N) is 1. The van der Waals surface area contributed by atoms with E-state index < -0.39 is 18.8 Å². The van der Waals surface area contributed by atoms with Crippen molar-refractivity contribution in [3.8, 4) is 0 Å². The SMILES string of the molecule is OC(CNCC1CCC2(CCCCC2)O1)C(F)(F)F. The van der Waals surface area contributed by atoms with Crippen LogP contribution < -0.4 is 5.32 Å². The Labute approximate surface area is 111 Å². The van der Waals surface area contributed by atoms with E-state index in [-0.39, 0.29) is 11.7 Å². The van der Waals surface area contributed by atoms with Gasteiger partial charge in [0.1, 0.15) is 0 Å². The number of rotatable bonds is 4. The molecular weight excluding hydrogens is 259 g/mol. The average molecular weight is 281 g/mol. The number of hydrogen-bond acceptors (Lipinski definition) is 3. The van der Waals surface area contributed by atoms with E-state index in [9.17, 15) is 13.2 Å². The number of aliphatic hydroxyl groups excluding tert-OH is 1. The van der Waals surface area contributed by atoms with Gasteiger partial charge in [-0.25, -0.2) is 0 Å². The lowest BCUT2D eigenvalue weighted by atomic mass is 9.83. The van der Waals surface area contributed by atoms with Crippen molar-refractivity contribution in [1.29, 1.82) is 0 Å². The van der Waals surface area contributed by atoms with Crippen molar-refractivity contribution in [2.45, 2.75) is 68.9 Å². The van der Waals surface area contributed by atoms with Crippen molar-refractivity contribution in [3.63, 3.8) is 0 Å². The van der Waals surface area contributed by atoms with Gasteiger partial charge in [0.05, 0.1) is 11.7 Å². The second-order valence-electron chi connectivity index (χ2n) is 5.74. The summed E-state index contributed by atoms with van der Waals surface area (Å²) in [6.45, 7) is -0.0781. The van der Waals surface area contributed by atoms with Gasteiger partial charge < -0.3 is 15.2 Å². The molecule has 1 aliphatic carbocycles. The molecule has 2 unspecified atom stereocenters. The molecule has 2 fully saturated rings. The van der Waals surface area contributed by atoms with Crippen LogP contribution in [0.5, 0.6) is 0 Å². The van der Waals surface area contributed by atoms with Crippen LogP contribution in [0.2, 0.25) is 0 Å². The van der Waals surface area contributed by atoms with Gasteiger partial charge in [0, 0.05) is 13.1 Å². The van der Waals surface area contributed by atoms with Gasteiger partial charge in [0.25, 0.3) is 0 Å². The predicted molar refractivity (Wildman–Crippen MR) is 64.9 cm³/mol. The highest BCUT2D eigenvalue weighted by molar-refractivity contribution is 4.91. The third kappa shape index (κ3) is 4.07. The third-order valence-corrected chi connectivity index (χ3v) is 4.19. The number of aliphatic hydroxyl groups is 1. The number of halogens is 3. The van der Waals surface area contributed by atoms with Gasteiger partial charge in [0.15, 0.2) is 6.10 Å². The Hall–Kier alpha value is -0.330. The highest BCUT2D eigenvalue weighted by Gasteiger charge is 2.41. The summed E-state index contributed by atoms with van der Waals surface area (Å²) >= 11 is 0. The summed E-state index contributed by atoms with van der Waals surface area (Å²) in [6, 6.07) is 0. The average Bonchev–Trinajstić information content (AvgIpc) is 2.72. The molecule has 0 aromatic carbocycles. The van der Waals surface area contributed by atoms with Crippen molar-refractivity contribution >= 4 is 0 Å². The van der Waals surface area contributed by atoms with Gasteiger partial charge in [0.2, 0.25) is 0 Å². The third-order valence-electron chi connectivity index (χ3n) is 4.19. The molecule has 3 nitrogen and oxygen atoms in total. The minimum absolute atomic E-state index is 0.00671. The number of hydrogen-bond donors (Lipinski definition) is 2. The van der Waals surface area contributed by atoms with Crippen LogP contribution in [0.4, 0.5) is 13.2 Å². The first-order valence-corrected chi connectivity index (χ1v) is 7.05. The fraction of sp³-hybridized carbons (Fsp3) is 1.00. The fourth-order valence-corrected chi connectivity index (χ4v) is 3.10. The van der Waals surface area contributed by atoms with Crippen LogP contribution in [0, 0.1) is 0 Å². The summed E-state index contributed by atoms with van der Waals surface area (Å²) in [5.41, 5.74) is -0.00671. The zero-order chi connectivity index (χ0) is 13.9. The Kier molecular flexibility index (Phi) is 4.74. The lowest BCUT2D eigenvalue weighted by Crippen LogP contribution is -2.41. The summed E-state index contributed by atoms with van der Waals surface area (Å²) in [7, 11) is 0. The number of alkyl halides is 3. The molecule has 2 rings (SSSR count). The summed E-state index contributed by atoms with van der Waals surface area (Å²) in [4.78, 5) is 0. The molecule has 0 aromatic heterocycles. The topological polar surface area (TPSA) is 41.5 Å². The van der Waals surface area contributed by atoms with E-state index in [1.54, 1.807) is 0 Å². The monoisotopic (exact) mass is 281 g/mol. The quantitative estimate of drug-likeness (QED) is 0.831. The first-order valence-electron chi connectivity index (χ1n) is 7.05. The molecular formula is C13H22F3NO2. The van der Waals surface area contributed by atoms with Crippen LogP contribution in [0.15, 0.2) is 0 Å². The van der Waals surface area contributed by atoms with Crippen molar-refractivity contribution in [2.75, 3.05) is 13.1 Å². The summed E-state index contributed by atoms with van der Waals surface area (Å²) in [6.07, 6.45) is 0.843. The lowest BCUT2D eigenvalue weighted by Gasteiger charge is -2.33. The van der Waals surface area contributed by atoms with Gasteiger partial charge in [-0.15, -0.1) is 0 Å². The van der Waals surface area contributed by atoms with E-state index in [0.717, 1.165) is 25.7 Å². The Balaban J connectivity index is 1.68. The Morgan fingerprint density at radius 3 is 2.53 bits per heavy atom. The zero-order valence-corrected chi connectivity index (χ0v) is 11.0. The zero-order valence-electron chi connectivity index (χ0n) is 11.0. The minimum atomic E-state index is -4.55. The van der Waals surface area contributed by atoms with Crippen LogP contribution in [0.3, 0.4) is 0 Å². The van der Waals surface area contributed by atoms with Gasteiger partial charge in [-0.1, -0.05) is 19.3 Å². The maximum absolute atomic E-state index is 12.1. The van der Waals surface area contributed by atoms with Gasteiger partial charge in [-0.05, 0) is 25.7 Å². The van der Waals surface area contributed by atoms with Crippen LogP contribution in [-0.2, 0) is 4.74 Å². The molecule has 112 valence electrons. The van der Waals surface area contributed by atoms with Gasteiger partial charge in [-0.2, -0.15) is 13.2 Å². The van der Waals surface area contributed by atoms with Gasteiger partial charge >= 0.3 is 6.18 Å². The highest BCUT2D eigenvalue weighted by Crippen LogP contribution is 2.41. The molecule has 0 aromatic rings. The minimum Gasteiger partial charge on any atom is -0.382 e. The summed E-state index contributed by atoms with van der Waals surface area (Å²) in [5.74, 6) is 0. The van der Waals surface area contributed by atoms with E-state index in [4.69, 9.17) is 9.84 Å². The lowest BCUT2D eigenvalue weighted by molar-refractivity contribution is -0.202. The summed E-state index contributed by atoms with van der Waals surface area (Å²) in [5, 5.41) is 11.5. The maximum Gasteiger partial charge on any atom is 0.415 e. The Morgan fingerprint density at radius 1 is 1.21 bits per heavy atom. The smallest absolute Gasteiger partial charge is 0.382 e. The van der Waals surface area contributed by atoms with Crippen molar-refractivity contribution < 1.29 is 23.0 Å². The molecule has 2 N–H and O–H groups in total. The number of ether oxygens (including phenoxy) is 1. The van der Waals surface area contributed by atoms with Crippen LogP contribution in [0.25, 0.3) is 0 Å². The van der Waals surface area contributed by atoms with E-state index in [0.29, 0.717) is 6.54 Å². The molecule has 19 heavy (non-hydrogen) atoms. The fourth-order valence-electron chi connectivity index (χ4n) is 3.10.